The Hall–Kier alpha value is -1.22. The highest BCUT2D eigenvalue weighted by atomic mass is 16.6. The van der Waals surface area contributed by atoms with E-state index in [1.807, 2.05) is 27.7 Å². The molecule has 0 fully saturated rings. The Bertz CT molecular complexity index is 380. The van der Waals surface area contributed by atoms with Crippen LogP contribution in [0.15, 0.2) is 0 Å². The van der Waals surface area contributed by atoms with Gasteiger partial charge in [0.25, 0.3) is 0 Å². The first kappa shape index (κ1) is 28.8. The average Bonchev–Trinajstić information content (AvgIpc) is 2.65. The summed E-state index contributed by atoms with van der Waals surface area (Å²) in [7, 11) is 0. The summed E-state index contributed by atoms with van der Waals surface area (Å²) in [6.45, 7) is 13.8. The van der Waals surface area contributed by atoms with Crippen LogP contribution in [-0.2, 0) is 28.5 Å². The van der Waals surface area contributed by atoms with Gasteiger partial charge in [-0.05, 0) is 24.7 Å². The fraction of sp³-hybridized carbons (Fsp3) is 0.909. The lowest BCUT2D eigenvalue weighted by Gasteiger charge is -2.09. The van der Waals surface area contributed by atoms with Crippen LogP contribution in [0.4, 0.5) is 0 Å². The van der Waals surface area contributed by atoms with Gasteiger partial charge >= 0.3 is 0 Å². The Balaban J connectivity index is 3.15. The van der Waals surface area contributed by atoms with E-state index in [1.54, 1.807) is 0 Å². The predicted molar refractivity (Wildman–Crippen MR) is 117 cm³/mol. The molecule has 0 rings (SSSR count). The van der Waals surface area contributed by atoms with Gasteiger partial charge in [0.2, 0.25) is 11.8 Å². The lowest BCUT2D eigenvalue weighted by atomic mass is 10.1. The molecule has 0 aromatic heterocycles. The van der Waals surface area contributed by atoms with Gasteiger partial charge in [0.05, 0.1) is 39.6 Å². The Labute approximate surface area is 182 Å². The summed E-state index contributed by atoms with van der Waals surface area (Å²) in [5, 5.41) is 5.76. The molecule has 30 heavy (non-hydrogen) atoms. The van der Waals surface area contributed by atoms with Crippen molar-refractivity contribution in [3.63, 3.8) is 0 Å². The maximum Gasteiger partial charge on any atom is 0.220 e. The number of carbonyl (C=O) groups excluding carboxylic acids is 2. The van der Waals surface area contributed by atoms with Crippen LogP contribution in [0.25, 0.3) is 0 Å². The molecule has 8 nitrogen and oxygen atoms in total. The van der Waals surface area contributed by atoms with Crippen LogP contribution in [0.2, 0.25) is 0 Å². The van der Waals surface area contributed by atoms with Crippen LogP contribution in [0, 0.1) is 11.8 Å². The smallest absolute Gasteiger partial charge is 0.220 e. The summed E-state index contributed by atoms with van der Waals surface area (Å²) in [6.07, 6.45) is 2.75. The summed E-state index contributed by atoms with van der Waals surface area (Å²) in [5.41, 5.74) is 0. The molecule has 178 valence electrons. The number of amides is 2. The zero-order chi connectivity index (χ0) is 22.5. The van der Waals surface area contributed by atoms with Gasteiger partial charge in [-0.3, -0.25) is 9.59 Å². The topological polar surface area (TPSA) is 95.1 Å². The minimum Gasteiger partial charge on any atom is -0.379 e. The number of ether oxygens (including phenoxy) is 4. The van der Waals surface area contributed by atoms with Gasteiger partial charge in [0, 0.05) is 39.1 Å². The molecule has 0 saturated carbocycles. The predicted octanol–water partition coefficient (Wildman–Crippen LogP) is 2.16. The van der Waals surface area contributed by atoms with Crippen molar-refractivity contribution in [3.8, 4) is 0 Å². The van der Waals surface area contributed by atoms with Gasteiger partial charge < -0.3 is 29.6 Å². The van der Waals surface area contributed by atoms with Gasteiger partial charge in [-0.1, -0.05) is 27.7 Å². The van der Waals surface area contributed by atoms with Gasteiger partial charge in [0.1, 0.15) is 0 Å². The van der Waals surface area contributed by atoms with Crippen molar-refractivity contribution in [2.24, 2.45) is 11.8 Å². The van der Waals surface area contributed by atoms with E-state index >= 15 is 0 Å². The standard InChI is InChI=1S/C22H44N2O6/c1-19(2)17-21(25)23-7-5-9-27-11-13-29-15-16-30-14-12-28-10-6-8-24-22(26)18-20(3)4/h19-20H,5-18H2,1-4H3,(H,23,25)(H,24,26). The molecular weight excluding hydrogens is 388 g/mol. The van der Waals surface area contributed by atoms with Crippen LogP contribution in [0.5, 0.6) is 0 Å². The van der Waals surface area contributed by atoms with E-state index in [1.165, 1.54) is 0 Å². The zero-order valence-electron chi connectivity index (χ0n) is 19.5. The molecule has 0 aromatic rings. The Morgan fingerprint density at radius 1 is 0.567 bits per heavy atom. The van der Waals surface area contributed by atoms with Crippen LogP contribution < -0.4 is 10.6 Å². The van der Waals surface area contributed by atoms with E-state index in [0.29, 0.717) is 90.6 Å². The normalized spacial score (nSPS) is 11.3. The van der Waals surface area contributed by atoms with Gasteiger partial charge in [-0.15, -0.1) is 0 Å². The summed E-state index contributed by atoms with van der Waals surface area (Å²) in [5.74, 6) is 0.971. The maximum atomic E-state index is 11.5. The highest BCUT2D eigenvalue weighted by molar-refractivity contribution is 5.76. The SMILES string of the molecule is CC(C)CC(=O)NCCCOCCOCCOCCOCCCNC(=O)CC(C)C. The lowest BCUT2D eigenvalue weighted by Crippen LogP contribution is -2.26. The summed E-state index contributed by atoms with van der Waals surface area (Å²) in [6, 6.07) is 0. The van der Waals surface area contributed by atoms with Crippen molar-refractivity contribution in [2.75, 3.05) is 65.9 Å². The number of hydrogen-bond acceptors (Lipinski definition) is 6. The van der Waals surface area contributed by atoms with E-state index in [0.717, 1.165) is 12.8 Å². The van der Waals surface area contributed by atoms with E-state index < -0.39 is 0 Å². The Morgan fingerprint density at radius 3 is 1.17 bits per heavy atom. The van der Waals surface area contributed by atoms with E-state index in [9.17, 15) is 9.59 Å². The molecule has 0 unspecified atom stereocenters. The number of hydrogen-bond donors (Lipinski definition) is 2. The lowest BCUT2D eigenvalue weighted by molar-refractivity contribution is -0.122. The first-order valence-electron chi connectivity index (χ1n) is 11.3. The quantitative estimate of drug-likeness (QED) is 0.270. The minimum atomic E-state index is 0.101. The molecule has 0 aliphatic carbocycles. The van der Waals surface area contributed by atoms with Crippen molar-refractivity contribution in [2.45, 2.75) is 53.4 Å². The number of rotatable bonds is 21. The second kappa shape index (κ2) is 21.0. The van der Waals surface area contributed by atoms with Crippen molar-refractivity contribution in [1.29, 1.82) is 0 Å². The second-order valence-corrected chi connectivity index (χ2v) is 8.05. The van der Waals surface area contributed by atoms with Crippen LogP contribution >= 0.6 is 0 Å². The fourth-order valence-corrected chi connectivity index (χ4v) is 2.45. The van der Waals surface area contributed by atoms with E-state index in [2.05, 4.69) is 10.6 Å². The molecule has 0 spiro atoms. The molecule has 0 aromatic carbocycles. The minimum absolute atomic E-state index is 0.101. The highest BCUT2D eigenvalue weighted by Crippen LogP contribution is 1.98. The average molecular weight is 433 g/mol. The van der Waals surface area contributed by atoms with E-state index in [4.69, 9.17) is 18.9 Å². The molecule has 0 aliphatic heterocycles. The van der Waals surface area contributed by atoms with Crippen LogP contribution in [-0.4, -0.2) is 77.8 Å². The molecular formula is C22H44N2O6. The Kier molecular flexibility index (Phi) is 20.2. The third-order valence-corrected chi connectivity index (χ3v) is 3.88. The monoisotopic (exact) mass is 432 g/mol. The molecule has 2 amide bonds. The number of nitrogens with one attached hydrogen (secondary N) is 2. The number of carbonyl (C=O) groups is 2. The van der Waals surface area contributed by atoms with Crippen LogP contribution in [0.1, 0.15) is 53.4 Å². The first-order chi connectivity index (χ1) is 14.4. The molecule has 8 heteroatoms. The molecule has 2 N–H and O–H groups in total. The summed E-state index contributed by atoms with van der Waals surface area (Å²) < 4.78 is 21.8. The second-order valence-electron chi connectivity index (χ2n) is 8.05. The molecule has 0 radical (unpaired) electrons. The molecule has 0 aliphatic rings. The first-order valence-corrected chi connectivity index (χ1v) is 11.3. The summed E-state index contributed by atoms with van der Waals surface area (Å²) >= 11 is 0. The third kappa shape index (κ3) is 23.1. The molecule has 0 atom stereocenters. The van der Waals surface area contributed by atoms with Crippen LogP contribution in [0.3, 0.4) is 0 Å². The zero-order valence-corrected chi connectivity index (χ0v) is 19.5. The largest absolute Gasteiger partial charge is 0.379 e. The summed E-state index contributed by atoms with van der Waals surface area (Å²) in [4.78, 5) is 22.9. The van der Waals surface area contributed by atoms with Crippen molar-refractivity contribution >= 4 is 11.8 Å². The van der Waals surface area contributed by atoms with Crippen molar-refractivity contribution < 1.29 is 28.5 Å². The van der Waals surface area contributed by atoms with Crippen molar-refractivity contribution in [3.05, 3.63) is 0 Å². The van der Waals surface area contributed by atoms with Gasteiger partial charge in [0.15, 0.2) is 0 Å². The molecule has 0 heterocycles. The highest BCUT2D eigenvalue weighted by Gasteiger charge is 2.04. The van der Waals surface area contributed by atoms with Crippen molar-refractivity contribution in [1.82, 2.24) is 10.6 Å². The Morgan fingerprint density at radius 2 is 0.867 bits per heavy atom. The van der Waals surface area contributed by atoms with E-state index in [-0.39, 0.29) is 11.8 Å². The maximum absolute atomic E-state index is 11.5. The fourth-order valence-electron chi connectivity index (χ4n) is 2.45. The molecule has 0 saturated heterocycles. The van der Waals surface area contributed by atoms with Gasteiger partial charge in [-0.2, -0.15) is 0 Å². The third-order valence-electron chi connectivity index (χ3n) is 3.88. The van der Waals surface area contributed by atoms with Gasteiger partial charge in [-0.25, -0.2) is 0 Å². The molecule has 0 bridgehead atoms.